The Morgan fingerprint density at radius 2 is 2.00 bits per heavy atom. The molecule has 2 heterocycles. The summed E-state index contributed by atoms with van der Waals surface area (Å²) < 4.78 is 0. The average molecular weight is 285 g/mol. The molecule has 0 unspecified atom stereocenters. The fourth-order valence-electron chi connectivity index (χ4n) is 2.88. The molecule has 1 aliphatic rings. The smallest absolute Gasteiger partial charge is 0.256 e. The predicted octanol–water partition coefficient (Wildman–Crippen LogP) is 0.974. The van der Waals surface area contributed by atoms with Crippen LogP contribution in [-0.4, -0.2) is 47.9 Å². The van der Waals surface area contributed by atoms with Gasteiger partial charge >= 0.3 is 0 Å². The van der Waals surface area contributed by atoms with Gasteiger partial charge in [-0.05, 0) is 31.1 Å². The van der Waals surface area contributed by atoms with Crippen molar-refractivity contribution < 1.29 is 4.79 Å². The Hall–Kier alpha value is -2.14. The topological polar surface area (TPSA) is 56.4 Å². The molecule has 110 valence electrons. The van der Waals surface area contributed by atoms with Gasteiger partial charge in [-0.2, -0.15) is 0 Å². The summed E-state index contributed by atoms with van der Waals surface area (Å²) in [4.78, 5) is 31.0. The van der Waals surface area contributed by atoms with E-state index < -0.39 is 0 Å². The molecule has 0 spiro atoms. The van der Waals surface area contributed by atoms with Crippen LogP contribution in [0.25, 0.3) is 10.8 Å². The molecule has 5 heteroatoms. The number of fused-ring (bicyclic) bond motifs is 3. The highest BCUT2D eigenvalue weighted by Crippen LogP contribution is 2.24. The van der Waals surface area contributed by atoms with Crippen LogP contribution in [0.4, 0.5) is 0 Å². The molecular formula is C16H19N3O2. The highest BCUT2D eigenvalue weighted by Gasteiger charge is 2.23. The van der Waals surface area contributed by atoms with E-state index in [-0.39, 0.29) is 11.5 Å². The summed E-state index contributed by atoms with van der Waals surface area (Å²) in [6, 6.07) is 7.59. The molecule has 21 heavy (non-hydrogen) atoms. The average Bonchev–Trinajstić information content (AvgIpc) is 2.46. The lowest BCUT2D eigenvalue weighted by molar-refractivity contribution is -0.132. The minimum atomic E-state index is -0.0441. The predicted molar refractivity (Wildman–Crippen MR) is 82.2 cm³/mol. The van der Waals surface area contributed by atoms with Crippen molar-refractivity contribution in [1.82, 2.24) is 14.8 Å². The molecule has 1 N–H and O–H groups in total. The van der Waals surface area contributed by atoms with E-state index in [2.05, 4.69) is 4.98 Å². The van der Waals surface area contributed by atoms with Crippen LogP contribution in [0.5, 0.6) is 0 Å². The summed E-state index contributed by atoms with van der Waals surface area (Å²) in [6.45, 7) is 1.64. The molecule has 1 amide bonds. The molecule has 0 radical (unpaired) electrons. The van der Waals surface area contributed by atoms with Crippen molar-refractivity contribution in [2.75, 3.05) is 27.2 Å². The summed E-state index contributed by atoms with van der Waals surface area (Å²) in [5.41, 5.74) is 1.99. The van der Waals surface area contributed by atoms with Gasteiger partial charge in [-0.3, -0.25) is 9.59 Å². The van der Waals surface area contributed by atoms with Crippen molar-refractivity contribution in [3.8, 4) is 0 Å². The van der Waals surface area contributed by atoms with E-state index in [0.29, 0.717) is 31.4 Å². The Kier molecular flexibility index (Phi) is 3.51. The summed E-state index contributed by atoms with van der Waals surface area (Å²) in [5, 5.41) is 1.65. The molecule has 1 aromatic heterocycles. The molecule has 0 atom stereocenters. The lowest BCUT2D eigenvalue weighted by Gasteiger charge is -2.30. The molecule has 1 aliphatic heterocycles. The third-order valence-electron chi connectivity index (χ3n) is 3.91. The minimum absolute atomic E-state index is 0.0441. The van der Waals surface area contributed by atoms with Crippen molar-refractivity contribution >= 4 is 16.7 Å². The number of likely N-dealkylation sites (N-methyl/N-ethyl adjacent to an activating group) is 1. The summed E-state index contributed by atoms with van der Waals surface area (Å²) in [7, 11) is 3.78. The standard InChI is InChI=1S/C16H19N3O2/c1-18(2)10-15(20)19-8-7-14-13(9-19)11-5-3-4-6-12(11)16(21)17-14/h3-6H,7-10H2,1-2H3,(H,17,21). The zero-order valence-electron chi connectivity index (χ0n) is 12.3. The van der Waals surface area contributed by atoms with E-state index in [1.165, 1.54) is 0 Å². The van der Waals surface area contributed by atoms with Crippen LogP contribution in [0.1, 0.15) is 11.3 Å². The van der Waals surface area contributed by atoms with Crippen LogP contribution < -0.4 is 5.56 Å². The van der Waals surface area contributed by atoms with Crippen LogP contribution >= 0.6 is 0 Å². The van der Waals surface area contributed by atoms with Gasteiger partial charge in [0.15, 0.2) is 0 Å². The second-order valence-electron chi connectivity index (χ2n) is 5.76. The zero-order valence-corrected chi connectivity index (χ0v) is 12.3. The van der Waals surface area contributed by atoms with E-state index in [1.54, 1.807) is 0 Å². The molecule has 5 nitrogen and oxygen atoms in total. The van der Waals surface area contributed by atoms with Crippen molar-refractivity contribution in [1.29, 1.82) is 0 Å². The Bertz CT molecular complexity index is 749. The van der Waals surface area contributed by atoms with Gasteiger partial charge < -0.3 is 14.8 Å². The van der Waals surface area contributed by atoms with E-state index in [0.717, 1.165) is 16.6 Å². The third-order valence-corrected chi connectivity index (χ3v) is 3.91. The van der Waals surface area contributed by atoms with Crippen LogP contribution in [0.3, 0.4) is 0 Å². The Balaban J connectivity index is 2.00. The number of carbonyl (C=O) groups excluding carboxylic acids is 1. The second-order valence-corrected chi connectivity index (χ2v) is 5.76. The normalized spacial score (nSPS) is 14.5. The molecule has 0 bridgehead atoms. The van der Waals surface area contributed by atoms with Gasteiger partial charge in [0.05, 0.1) is 6.54 Å². The molecule has 0 saturated heterocycles. The number of pyridine rings is 1. The molecule has 2 aromatic rings. The number of aromatic nitrogens is 1. The summed E-state index contributed by atoms with van der Waals surface area (Å²) in [6.07, 6.45) is 0.703. The van der Waals surface area contributed by atoms with E-state index >= 15 is 0 Å². The lowest BCUT2D eigenvalue weighted by atomic mass is 9.99. The van der Waals surface area contributed by atoms with Gasteiger partial charge in [-0.1, -0.05) is 18.2 Å². The maximum absolute atomic E-state index is 12.2. The first kappa shape index (κ1) is 13.8. The van der Waals surface area contributed by atoms with Crippen LogP contribution in [0.15, 0.2) is 29.1 Å². The molecule has 0 saturated carbocycles. The van der Waals surface area contributed by atoms with Crippen molar-refractivity contribution in [2.45, 2.75) is 13.0 Å². The lowest BCUT2D eigenvalue weighted by Crippen LogP contribution is -2.41. The number of H-pyrrole nitrogens is 1. The number of nitrogens with zero attached hydrogens (tertiary/aromatic N) is 2. The van der Waals surface area contributed by atoms with E-state index in [9.17, 15) is 9.59 Å². The first-order chi connectivity index (χ1) is 10.1. The Morgan fingerprint density at radius 1 is 1.29 bits per heavy atom. The number of nitrogens with one attached hydrogen (secondary N) is 1. The summed E-state index contributed by atoms with van der Waals surface area (Å²) >= 11 is 0. The molecule has 3 rings (SSSR count). The van der Waals surface area contributed by atoms with Crippen molar-refractivity contribution in [2.24, 2.45) is 0 Å². The first-order valence-electron chi connectivity index (χ1n) is 7.11. The number of benzene rings is 1. The van der Waals surface area contributed by atoms with Crippen molar-refractivity contribution in [3.05, 3.63) is 45.9 Å². The Morgan fingerprint density at radius 3 is 2.71 bits per heavy atom. The molecule has 0 aliphatic carbocycles. The number of amides is 1. The van der Waals surface area contributed by atoms with Crippen LogP contribution in [0, 0.1) is 0 Å². The SMILES string of the molecule is CN(C)CC(=O)N1CCc2[nH]c(=O)c3ccccc3c2C1. The monoisotopic (exact) mass is 285 g/mol. The first-order valence-corrected chi connectivity index (χ1v) is 7.11. The van der Waals surface area contributed by atoms with Gasteiger partial charge in [-0.25, -0.2) is 0 Å². The number of aromatic amines is 1. The quantitative estimate of drug-likeness (QED) is 0.894. The second kappa shape index (κ2) is 5.33. The van der Waals surface area contributed by atoms with Gasteiger partial charge in [0.2, 0.25) is 5.91 Å². The number of hydrogen-bond acceptors (Lipinski definition) is 3. The van der Waals surface area contributed by atoms with Gasteiger partial charge in [-0.15, -0.1) is 0 Å². The maximum atomic E-state index is 12.2. The van der Waals surface area contributed by atoms with Gasteiger partial charge in [0.1, 0.15) is 0 Å². The van der Waals surface area contributed by atoms with Crippen molar-refractivity contribution in [3.63, 3.8) is 0 Å². The maximum Gasteiger partial charge on any atom is 0.256 e. The van der Waals surface area contributed by atoms with Gasteiger partial charge in [0, 0.05) is 30.6 Å². The van der Waals surface area contributed by atoms with Crippen LogP contribution in [0.2, 0.25) is 0 Å². The molecular weight excluding hydrogens is 266 g/mol. The highest BCUT2D eigenvalue weighted by molar-refractivity contribution is 5.86. The largest absolute Gasteiger partial charge is 0.337 e. The van der Waals surface area contributed by atoms with E-state index in [4.69, 9.17) is 0 Å². The molecule has 0 fully saturated rings. The highest BCUT2D eigenvalue weighted by atomic mass is 16.2. The summed E-state index contributed by atoms with van der Waals surface area (Å²) in [5.74, 6) is 0.126. The number of rotatable bonds is 2. The fraction of sp³-hybridized carbons (Fsp3) is 0.375. The van der Waals surface area contributed by atoms with Crippen LogP contribution in [-0.2, 0) is 17.8 Å². The number of hydrogen-bond donors (Lipinski definition) is 1. The Labute approximate surface area is 123 Å². The van der Waals surface area contributed by atoms with E-state index in [1.807, 2.05) is 48.2 Å². The molecule has 1 aromatic carbocycles. The minimum Gasteiger partial charge on any atom is -0.337 e. The van der Waals surface area contributed by atoms with Gasteiger partial charge in [0.25, 0.3) is 5.56 Å². The third kappa shape index (κ3) is 2.56. The number of carbonyl (C=O) groups is 1. The fourth-order valence-corrected chi connectivity index (χ4v) is 2.88. The zero-order chi connectivity index (χ0) is 15.0.